The van der Waals surface area contributed by atoms with Crippen LogP contribution in [-0.4, -0.2) is 83.8 Å². The van der Waals surface area contributed by atoms with E-state index >= 15 is 0 Å². The molecule has 0 aliphatic carbocycles. The third-order valence-electron chi connectivity index (χ3n) is 4.62. The lowest BCUT2D eigenvalue weighted by Crippen LogP contribution is -2.48. The maximum absolute atomic E-state index is 12.4. The van der Waals surface area contributed by atoms with Crippen LogP contribution in [0.2, 0.25) is 0 Å². The standard InChI is InChI=1S/C18H31N3O7/c1-4-28-14(24)10-20-16(26)12-6-5-9-21(12)13(23)7-8-19-17(27)15(25)18(2,3)11-22/h12,15,22,25H,4-11H2,1-3H3,(H,19,27)(H,20,26)/t12-,15+/m0/s1. The summed E-state index contributed by atoms with van der Waals surface area (Å²) in [6, 6.07) is -0.656. The number of amides is 3. The largest absolute Gasteiger partial charge is 0.465 e. The van der Waals surface area contributed by atoms with E-state index in [1.807, 2.05) is 0 Å². The van der Waals surface area contributed by atoms with Gasteiger partial charge in [-0.3, -0.25) is 19.2 Å². The van der Waals surface area contributed by atoms with Crippen molar-refractivity contribution in [1.82, 2.24) is 15.5 Å². The van der Waals surface area contributed by atoms with Crippen LogP contribution in [0.5, 0.6) is 0 Å². The van der Waals surface area contributed by atoms with Gasteiger partial charge in [0.1, 0.15) is 18.7 Å². The fourth-order valence-corrected chi connectivity index (χ4v) is 2.80. The van der Waals surface area contributed by atoms with Crippen molar-refractivity contribution in [3.8, 4) is 0 Å². The number of carbonyl (C=O) groups excluding carboxylic acids is 4. The average Bonchev–Trinajstić information content (AvgIpc) is 3.15. The summed E-state index contributed by atoms with van der Waals surface area (Å²) >= 11 is 0. The quantitative estimate of drug-likeness (QED) is 0.327. The number of likely N-dealkylation sites (tertiary alicyclic amines) is 1. The molecule has 10 nitrogen and oxygen atoms in total. The van der Waals surface area contributed by atoms with Crippen molar-refractivity contribution in [1.29, 1.82) is 0 Å². The highest BCUT2D eigenvalue weighted by atomic mass is 16.5. The van der Waals surface area contributed by atoms with E-state index in [0.717, 1.165) is 0 Å². The van der Waals surface area contributed by atoms with E-state index in [-0.39, 0.29) is 38.6 Å². The zero-order valence-electron chi connectivity index (χ0n) is 16.7. The Morgan fingerprint density at radius 3 is 2.54 bits per heavy atom. The van der Waals surface area contributed by atoms with Crippen LogP contribution in [0.4, 0.5) is 0 Å². The number of carbonyl (C=O) groups is 4. The second kappa shape index (κ2) is 11.0. The van der Waals surface area contributed by atoms with E-state index < -0.39 is 35.3 Å². The van der Waals surface area contributed by atoms with Crippen molar-refractivity contribution >= 4 is 23.7 Å². The minimum absolute atomic E-state index is 0.00387. The second-order valence-electron chi connectivity index (χ2n) is 7.36. The first-order valence-electron chi connectivity index (χ1n) is 9.43. The second-order valence-corrected chi connectivity index (χ2v) is 7.36. The van der Waals surface area contributed by atoms with Crippen molar-refractivity contribution in [2.24, 2.45) is 5.41 Å². The smallest absolute Gasteiger partial charge is 0.325 e. The van der Waals surface area contributed by atoms with Gasteiger partial charge in [0, 0.05) is 24.9 Å². The number of nitrogens with zero attached hydrogens (tertiary/aromatic N) is 1. The number of esters is 1. The lowest BCUT2D eigenvalue weighted by Gasteiger charge is -2.27. The Hall–Kier alpha value is -2.20. The summed E-state index contributed by atoms with van der Waals surface area (Å²) in [6.45, 7) is 4.79. The Morgan fingerprint density at radius 1 is 1.25 bits per heavy atom. The number of rotatable bonds is 10. The molecule has 0 radical (unpaired) electrons. The summed E-state index contributed by atoms with van der Waals surface area (Å²) in [7, 11) is 0. The lowest BCUT2D eigenvalue weighted by atomic mass is 9.87. The minimum atomic E-state index is -1.40. The van der Waals surface area contributed by atoms with Gasteiger partial charge in [0.05, 0.1) is 13.2 Å². The summed E-state index contributed by atoms with van der Waals surface area (Å²) in [6.07, 6.45) is -0.268. The van der Waals surface area contributed by atoms with E-state index in [1.54, 1.807) is 20.8 Å². The summed E-state index contributed by atoms with van der Waals surface area (Å²) < 4.78 is 4.75. The van der Waals surface area contributed by atoms with Crippen LogP contribution in [-0.2, 0) is 23.9 Å². The zero-order chi connectivity index (χ0) is 21.3. The molecule has 1 heterocycles. The Kier molecular flexibility index (Phi) is 9.33. The number of aliphatic hydroxyl groups excluding tert-OH is 2. The molecule has 1 aliphatic rings. The third-order valence-corrected chi connectivity index (χ3v) is 4.62. The molecule has 3 amide bonds. The third kappa shape index (κ3) is 6.75. The molecule has 1 saturated heterocycles. The average molecular weight is 401 g/mol. The van der Waals surface area contributed by atoms with Gasteiger partial charge in [0.2, 0.25) is 17.7 Å². The van der Waals surface area contributed by atoms with Gasteiger partial charge in [-0.05, 0) is 19.8 Å². The summed E-state index contributed by atoms with van der Waals surface area (Å²) in [4.78, 5) is 49.3. The molecular formula is C18H31N3O7. The van der Waals surface area contributed by atoms with Gasteiger partial charge in [0.25, 0.3) is 0 Å². The van der Waals surface area contributed by atoms with Gasteiger partial charge in [-0.15, -0.1) is 0 Å². The highest BCUT2D eigenvalue weighted by molar-refractivity contribution is 5.90. The minimum Gasteiger partial charge on any atom is -0.465 e. The van der Waals surface area contributed by atoms with E-state index in [9.17, 15) is 29.4 Å². The SMILES string of the molecule is CCOC(=O)CNC(=O)[C@@H]1CCCN1C(=O)CCNC(=O)[C@@H](O)C(C)(C)CO. The van der Waals surface area contributed by atoms with Gasteiger partial charge in [0.15, 0.2) is 0 Å². The molecule has 0 unspecified atom stereocenters. The Labute approximate surface area is 164 Å². The number of nitrogens with one attached hydrogen (secondary N) is 2. The van der Waals surface area contributed by atoms with E-state index in [1.165, 1.54) is 4.90 Å². The maximum Gasteiger partial charge on any atom is 0.325 e. The van der Waals surface area contributed by atoms with Crippen LogP contribution in [0, 0.1) is 5.41 Å². The normalized spacial score (nSPS) is 17.8. The van der Waals surface area contributed by atoms with Gasteiger partial charge in [-0.2, -0.15) is 0 Å². The molecular weight excluding hydrogens is 370 g/mol. The monoisotopic (exact) mass is 401 g/mol. The molecule has 28 heavy (non-hydrogen) atoms. The van der Waals surface area contributed by atoms with Crippen molar-refractivity contribution < 1.29 is 34.1 Å². The molecule has 10 heteroatoms. The fourth-order valence-electron chi connectivity index (χ4n) is 2.80. The van der Waals surface area contributed by atoms with E-state index in [4.69, 9.17) is 4.74 Å². The molecule has 0 bridgehead atoms. The first kappa shape index (κ1) is 23.8. The molecule has 0 aromatic heterocycles. The summed E-state index contributed by atoms with van der Waals surface area (Å²) in [5, 5.41) is 24.1. The van der Waals surface area contributed by atoms with Crippen molar-refractivity contribution in [3.63, 3.8) is 0 Å². The van der Waals surface area contributed by atoms with Gasteiger partial charge in [-0.25, -0.2) is 0 Å². The lowest BCUT2D eigenvalue weighted by molar-refractivity contribution is -0.144. The molecule has 0 aromatic rings. The topological polar surface area (TPSA) is 145 Å². The number of hydrogen-bond acceptors (Lipinski definition) is 7. The van der Waals surface area contributed by atoms with Crippen LogP contribution >= 0.6 is 0 Å². The fraction of sp³-hybridized carbons (Fsp3) is 0.778. The Bertz CT molecular complexity index is 580. The molecule has 1 fully saturated rings. The van der Waals surface area contributed by atoms with Gasteiger partial charge >= 0.3 is 5.97 Å². The first-order chi connectivity index (χ1) is 13.1. The molecule has 2 atom stereocenters. The van der Waals surface area contributed by atoms with Crippen LogP contribution in [0.25, 0.3) is 0 Å². The molecule has 0 spiro atoms. The molecule has 1 aliphatic heterocycles. The van der Waals surface area contributed by atoms with Crippen molar-refractivity contribution in [3.05, 3.63) is 0 Å². The molecule has 1 rings (SSSR count). The maximum atomic E-state index is 12.4. The van der Waals surface area contributed by atoms with Crippen molar-refractivity contribution in [2.45, 2.75) is 52.2 Å². The van der Waals surface area contributed by atoms with Crippen LogP contribution in [0.15, 0.2) is 0 Å². The molecule has 0 saturated carbocycles. The van der Waals surface area contributed by atoms with Crippen LogP contribution < -0.4 is 10.6 Å². The Morgan fingerprint density at radius 2 is 1.93 bits per heavy atom. The Balaban J connectivity index is 2.47. The molecule has 4 N–H and O–H groups in total. The van der Waals surface area contributed by atoms with Gasteiger partial charge in [-0.1, -0.05) is 13.8 Å². The van der Waals surface area contributed by atoms with E-state index in [2.05, 4.69) is 10.6 Å². The zero-order valence-corrected chi connectivity index (χ0v) is 16.7. The summed E-state index contributed by atoms with van der Waals surface area (Å²) in [5.41, 5.74) is -0.995. The van der Waals surface area contributed by atoms with Crippen molar-refractivity contribution in [2.75, 3.05) is 32.8 Å². The molecule has 160 valence electrons. The first-order valence-corrected chi connectivity index (χ1v) is 9.43. The number of aliphatic hydroxyl groups is 2. The van der Waals surface area contributed by atoms with Gasteiger partial charge < -0.3 is 30.5 Å². The van der Waals surface area contributed by atoms with E-state index in [0.29, 0.717) is 19.4 Å². The van der Waals surface area contributed by atoms with Crippen LogP contribution in [0.3, 0.4) is 0 Å². The van der Waals surface area contributed by atoms with Crippen LogP contribution in [0.1, 0.15) is 40.0 Å². The summed E-state index contributed by atoms with van der Waals surface area (Å²) in [5.74, 6) is -1.93. The predicted molar refractivity (Wildman–Crippen MR) is 98.9 cm³/mol. The highest BCUT2D eigenvalue weighted by Gasteiger charge is 2.35. The molecule has 0 aromatic carbocycles. The highest BCUT2D eigenvalue weighted by Crippen LogP contribution is 2.20. The number of ether oxygens (including phenoxy) is 1. The predicted octanol–water partition coefficient (Wildman–Crippen LogP) is -1.46. The number of hydrogen-bond donors (Lipinski definition) is 4.